The molecule has 0 saturated heterocycles. The molecule has 0 unspecified atom stereocenters. The smallest absolute Gasteiger partial charge is 0.271 e. The molecule has 134 valence electrons. The molecular formula is C19H19N3O4. The molecule has 0 heterocycles. The average Bonchev–Trinajstić information content (AvgIpc) is 2.67. The number of hydrazone groups is 1. The summed E-state index contributed by atoms with van der Waals surface area (Å²) in [5.74, 6) is 1.29. The first-order valence-electron chi connectivity index (χ1n) is 7.92. The number of carbonyl (C=O) groups excluding carboxylic acids is 1. The molecule has 26 heavy (non-hydrogen) atoms. The van der Waals surface area contributed by atoms with Crippen molar-refractivity contribution in [2.75, 3.05) is 20.3 Å². The highest BCUT2D eigenvalue weighted by atomic mass is 16.5. The van der Waals surface area contributed by atoms with Crippen molar-refractivity contribution in [2.24, 2.45) is 5.10 Å². The summed E-state index contributed by atoms with van der Waals surface area (Å²) >= 11 is 0. The molecular weight excluding hydrogens is 334 g/mol. The molecule has 2 rings (SSSR count). The lowest BCUT2D eigenvalue weighted by molar-refractivity contribution is 0.0954. The van der Waals surface area contributed by atoms with E-state index in [0.717, 1.165) is 5.56 Å². The fourth-order valence-corrected chi connectivity index (χ4v) is 2.08. The number of nitrogens with zero attached hydrogens (tertiary/aromatic N) is 2. The van der Waals surface area contributed by atoms with Crippen LogP contribution in [-0.2, 0) is 0 Å². The summed E-state index contributed by atoms with van der Waals surface area (Å²) in [4.78, 5) is 12.2. The normalized spacial score (nSPS) is 10.2. The van der Waals surface area contributed by atoms with E-state index in [1.807, 2.05) is 13.0 Å². The van der Waals surface area contributed by atoms with Gasteiger partial charge in [-0.1, -0.05) is 0 Å². The minimum absolute atomic E-state index is 0.00492. The third-order valence-electron chi connectivity index (χ3n) is 3.29. The van der Waals surface area contributed by atoms with E-state index in [1.165, 1.54) is 13.3 Å². The monoisotopic (exact) mass is 353 g/mol. The number of carbonyl (C=O) groups is 1. The fourth-order valence-electron chi connectivity index (χ4n) is 2.08. The van der Waals surface area contributed by atoms with E-state index >= 15 is 0 Å². The molecule has 0 atom stereocenters. The van der Waals surface area contributed by atoms with Gasteiger partial charge in [-0.2, -0.15) is 10.4 Å². The zero-order valence-electron chi connectivity index (χ0n) is 14.6. The maximum Gasteiger partial charge on any atom is 0.271 e. The molecule has 1 amide bonds. The highest BCUT2D eigenvalue weighted by Gasteiger charge is 2.10. The number of rotatable bonds is 8. The van der Waals surface area contributed by atoms with Crippen LogP contribution in [0.15, 0.2) is 47.6 Å². The molecule has 0 aliphatic rings. The van der Waals surface area contributed by atoms with Gasteiger partial charge in [0.1, 0.15) is 11.8 Å². The van der Waals surface area contributed by atoms with E-state index in [4.69, 9.17) is 19.5 Å². The molecule has 0 fully saturated rings. The predicted molar refractivity (Wildman–Crippen MR) is 96.8 cm³/mol. The molecule has 2 aromatic rings. The van der Waals surface area contributed by atoms with Crippen LogP contribution in [0.4, 0.5) is 0 Å². The van der Waals surface area contributed by atoms with E-state index in [9.17, 15) is 4.79 Å². The highest BCUT2D eigenvalue weighted by molar-refractivity contribution is 5.95. The number of hydrogen-bond acceptors (Lipinski definition) is 6. The number of amides is 1. The number of benzene rings is 2. The van der Waals surface area contributed by atoms with Crippen LogP contribution in [0.3, 0.4) is 0 Å². The molecule has 0 bridgehead atoms. The topological polar surface area (TPSA) is 92.9 Å². The van der Waals surface area contributed by atoms with Crippen LogP contribution in [0.25, 0.3) is 0 Å². The fraction of sp³-hybridized carbons (Fsp3) is 0.211. The molecule has 0 aromatic heterocycles. The zero-order valence-corrected chi connectivity index (χ0v) is 14.6. The van der Waals surface area contributed by atoms with Crippen molar-refractivity contribution in [3.8, 4) is 23.3 Å². The van der Waals surface area contributed by atoms with Crippen LogP contribution < -0.4 is 19.6 Å². The Balaban J connectivity index is 1.97. The number of methoxy groups -OCH3 is 1. The summed E-state index contributed by atoms with van der Waals surface area (Å²) in [6.07, 6.45) is 1.51. The molecule has 1 N–H and O–H groups in total. The van der Waals surface area contributed by atoms with Crippen molar-refractivity contribution in [1.29, 1.82) is 5.26 Å². The lowest BCUT2D eigenvalue weighted by atomic mass is 10.2. The lowest BCUT2D eigenvalue weighted by Gasteiger charge is -2.10. The Labute approximate surface area is 151 Å². The molecule has 0 aliphatic carbocycles. The Morgan fingerprint density at radius 3 is 2.62 bits per heavy atom. The molecule has 0 aliphatic heterocycles. The van der Waals surface area contributed by atoms with Crippen LogP contribution in [0.1, 0.15) is 22.8 Å². The van der Waals surface area contributed by atoms with E-state index in [2.05, 4.69) is 10.5 Å². The lowest BCUT2D eigenvalue weighted by Crippen LogP contribution is -2.17. The first kappa shape index (κ1) is 18.8. The zero-order chi connectivity index (χ0) is 18.8. The second kappa shape index (κ2) is 9.69. The Kier molecular flexibility index (Phi) is 7.01. The Morgan fingerprint density at radius 1 is 1.19 bits per heavy atom. The van der Waals surface area contributed by atoms with Crippen LogP contribution in [0, 0.1) is 11.3 Å². The van der Waals surface area contributed by atoms with Gasteiger partial charge in [0.2, 0.25) is 0 Å². The van der Waals surface area contributed by atoms with Crippen LogP contribution in [0.2, 0.25) is 0 Å². The van der Waals surface area contributed by atoms with Gasteiger partial charge in [0, 0.05) is 5.56 Å². The van der Waals surface area contributed by atoms with Crippen molar-refractivity contribution in [1.82, 2.24) is 5.43 Å². The number of nitriles is 1. The minimum atomic E-state index is -0.364. The van der Waals surface area contributed by atoms with Gasteiger partial charge < -0.3 is 14.2 Å². The SMILES string of the molecule is CCOc1ccc(C(=O)N/N=C\c2ccc(OCC#N)cc2)cc1OC. The van der Waals surface area contributed by atoms with Crippen LogP contribution in [-0.4, -0.2) is 32.4 Å². The number of hydrogen-bond donors (Lipinski definition) is 1. The van der Waals surface area contributed by atoms with Gasteiger partial charge in [-0.15, -0.1) is 0 Å². The third-order valence-corrected chi connectivity index (χ3v) is 3.29. The van der Waals surface area contributed by atoms with Crippen molar-refractivity contribution in [3.05, 3.63) is 53.6 Å². The minimum Gasteiger partial charge on any atom is -0.493 e. The molecule has 2 aromatic carbocycles. The van der Waals surface area contributed by atoms with E-state index in [0.29, 0.717) is 29.4 Å². The Hall–Kier alpha value is -3.53. The predicted octanol–water partition coefficient (Wildman–Crippen LogP) is 2.76. The quantitative estimate of drug-likeness (QED) is 0.582. The summed E-state index contributed by atoms with van der Waals surface area (Å²) < 4.78 is 15.8. The van der Waals surface area contributed by atoms with Gasteiger partial charge in [-0.05, 0) is 55.0 Å². The molecule has 7 heteroatoms. The largest absolute Gasteiger partial charge is 0.493 e. The highest BCUT2D eigenvalue weighted by Crippen LogP contribution is 2.27. The third kappa shape index (κ3) is 5.24. The Morgan fingerprint density at radius 2 is 1.96 bits per heavy atom. The van der Waals surface area contributed by atoms with Gasteiger partial charge in [-0.3, -0.25) is 4.79 Å². The second-order valence-corrected chi connectivity index (χ2v) is 5.01. The first-order chi connectivity index (χ1) is 12.7. The summed E-state index contributed by atoms with van der Waals surface area (Å²) in [6.45, 7) is 2.37. The van der Waals surface area contributed by atoms with E-state index in [1.54, 1.807) is 42.5 Å². The summed E-state index contributed by atoms with van der Waals surface area (Å²) in [7, 11) is 1.52. The van der Waals surface area contributed by atoms with Crippen molar-refractivity contribution < 1.29 is 19.0 Å². The summed E-state index contributed by atoms with van der Waals surface area (Å²) in [5, 5.41) is 12.4. The average molecular weight is 353 g/mol. The molecule has 0 spiro atoms. The first-order valence-corrected chi connectivity index (χ1v) is 7.92. The number of ether oxygens (including phenoxy) is 3. The van der Waals surface area contributed by atoms with Gasteiger partial charge in [0.25, 0.3) is 5.91 Å². The summed E-state index contributed by atoms with van der Waals surface area (Å²) in [6, 6.07) is 13.8. The Bertz CT molecular complexity index is 811. The van der Waals surface area contributed by atoms with Gasteiger partial charge in [0.15, 0.2) is 18.1 Å². The maximum atomic E-state index is 12.2. The number of nitrogens with one attached hydrogen (secondary N) is 1. The van der Waals surface area contributed by atoms with Crippen molar-refractivity contribution >= 4 is 12.1 Å². The second-order valence-electron chi connectivity index (χ2n) is 5.01. The molecule has 0 saturated carbocycles. The van der Waals surface area contributed by atoms with Crippen molar-refractivity contribution in [2.45, 2.75) is 6.92 Å². The molecule has 7 nitrogen and oxygen atoms in total. The standard InChI is InChI=1S/C19H19N3O4/c1-3-25-17-9-6-15(12-18(17)24-2)19(23)22-21-13-14-4-7-16(8-5-14)26-11-10-20/h4-9,12-13H,3,11H2,1-2H3,(H,22,23)/b21-13-. The van der Waals surface area contributed by atoms with E-state index in [-0.39, 0.29) is 12.5 Å². The van der Waals surface area contributed by atoms with Crippen molar-refractivity contribution in [3.63, 3.8) is 0 Å². The maximum absolute atomic E-state index is 12.2. The van der Waals surface area contributed by atoms with Gasteiger partial charge in [0.05, 0.1) is 19.9 Å². The van der Waals surface area contributed by atoms with Crippen LogP contribution >= 0.6 is 0 Å². The van der Waals surface area contributed by atoms with Gasteiger partial charge >= 0.3 is 0 Å². The van der Waals surface area contributed by atoms with Crippen LogP contribution in [0.5, 0.6) is 17.2 Å². The summed E-state index contributed by atoms with van der Waals surface area (Å²) in [5.41, 5.74) is 3.64. The van der Waals surface area contributed by atoms with E-state index < -0.39 is 0 Å². The van der Waals surface area contributed by atoms with Gasteiger partial charge in [-0.25, -0.2) is 5.43 Å². The molecule has 0 radical (unpaired) electrons.